The Balaban J connectivity index is 1.61. The highest BCUT2D eigenvalue weighted by molar-refractivity contribution is 7.80. The van der Waals surface area contributed by atoms with Crippen LogP contribution in [0.3, 0.4) is 0 Å². The molecule has 0 spiro atoms. The topological polar surface area (TPSA) is 41.9 Å². The zero-order valence-corrected chi connectivity index (χ0v) is 15.0. The van der Waals surface area contributed by atoms with E-state index >= 15 is 0 Å². The lowest BCUT2D eigenvalue weighted by atomic mass is 10.2. The molecule has 0 saturated carbocycles. The number of benzene rings is 2. The maximum absolute atomic E-state index is 13.7. The van der Waals surface area contributed by atoms with Crippen LogP contribution in [-0.2, 0) is 6.54 Å². The first-order valence-electron chi connectivity index (χ1n) is 7.62. The summed E-state index contributed by atoms with van der Waals surface area (Å²) in [6.45, 7) is 2.28. The smallest absolute Gasteiger partial charge is 0.176 e. The molecule has 0 fully saturated rings. The van der Waals surface area contributed by atoms with Crippen LogP contribution in [0.15, 0.2) is 54.7 Å². The lowest BCUT2D eigenvalue weighted by Gasteiger charge is -2.09. The Bertz CT molecular complexity index is 910. The molecule has 0 aliphatic rings. The molecule has 128 valence electrons. The molecule has 2 N–H and O–H groups in total. The third kappa shape index (κ3) is 4.55. The van der Waals surface area contributed by atoms with Crippen molar-refractivity contribution in [3.63, 3.8) is 0 Å². The van der Waals surface area contributed by atoms with E-state index in [1.165, 1.54) is 6.07 Å². The minimum absolute atomic E-state index is 0.249. The molecule has 0 amide bonds. The number of hydrogen-bond donors (Lipinski definition) is 2. The van der Waals surface area contributed by atoms with E-state index in [-0.39, 0.29) is 5.82 Å². The summed E-state index contributed by atoms with van der Waals surface area (Å²) >= 11 is 11.4. The number of thiocarbonyl (C=S) groups is 1. The molecule has 0 bridgehead atoms. The molecule has 3 aromatic rings. The van der Waals surface area contributed by atoms with Crippen molar-refractivity contribution in [3.8, 4) is 0 Å². The SMILES string of the molecule is Cc1ccc(NC(=S)Nc2ccn(Cc3ccccc3F)n2)cc1Cl. The van der Waals surface area contributed by atoms with Crippen molar-refractivity contribution in [1.82, 2.24) is 9.78 Å². The first kappa shape index (κ1) is 17.4. The van der Waals surface area contributed by atoms with Gasteiger partial charge in [0.15, 0.2) is 10.9 Å². The molecule has 2 aromatic carbocycles. The molecule has 25 heavy (non-hydrogen) atoms. The van der Waals surface area contributed by atoms with E-state index in [1.54, 1.807) is 35.1 Å². The highest BCUT2D eigenvalue weighted by Crippen LogP contribution is 2.20. The zero-order chi connectivity index (χ0) is 17.8. The van der Waals surface area contributed by atoms with Gasteiger partial charge in [-0.2, -0.15) is 5.10 Å². The van der Waals surface area contributed by atoms with Gasteiger partial charge >= 0.3 is 0 Å². The van der Waals surface area contributed by atoms with E-state index in [4.69, 9.17) is 23.8 Å². The second-order valence-corrected chi connectivity index (χ2v) is 6.35. The monoisotopic (exact) mass is 374 g/mol. The number of aromatic nitrogens is 2. The van der Waals surface area contributed by atoms with Crippen molar-refractivity contribution in [2.45, 2.75) is 13.5 Å². The summed E-state index contributed by atoms with van der Waals surface area (Å²) in [4.78, 5) is 0. The van der Waals surface area contributed by atoms with Crippen LogP contribution in [0.25, 0.3) is 0 Å². The van der Waals surface area contributed by atoms with Crippen LogP contribution in [0.4, 0.5) is 15.9 Å². The number of aryl methyl sites for hydroxylation is 1. The van der Waals surface area contributed by atoms with Crippen LogP contribution in [0.5, 0.6) is 0 Å². The number of anilines is 2. The summed E-state index contributed by atoms with van der Waals surface area (Å²) < 4.78 is 15.3. The quantitative estimate of drug-likeness (QED) is 0.641. The van der Waals surface area contributed by atoms with Gasteiger partial charge in [-0.05, 0) is 42.9 Å². The number of halogens is 2. The van der Waals surface area contributed by atoms with Gasteiger partial charge in [-0.1, -0.05) is 35.9 Å². The summed E-state index contributed by atoms with van der Waals surface area (Å²) in [6, 6.07) is 14.0. The minimum atomic E-state index is -0.249. The third-order valence-corrected chi connectivity index (χ3v) is 4.21. The Morgan fingerprint density at radius 3 is 2.76 bits per heavy atom. The zero-order valence-electron chi connectivity index (χ0n) is 13.5. The predicted octanol–water partition coefficient (Wildman–Crippen LogP) is 4.84. The highest BCUT2D eigenvalue weighted by Gasteiger charge is 2.06. The minimum Gasteiger partial charge on any atom is -0.332 e. The fourth-order valence-corrected chi connectivity index (χ4v) is 2.67. The second-order valence-electron chi connectivity index (χ2n) is 5.53. The van der Waals surface area contributed by atoms with Gasteiger partial charge in [0, 0.05) is 28.5 Å². The Morgan fingerprint density at radius 2 is 2.00 bits per heavy atom. The van der Waals surface area contributed by atoms with E-state index in [0.717, 1.165) is 11.3 Å². The second kappa shape index (κ2) is 7.63. The van der Waals surface area contributed by atoms with Gasteiger partial charge in [-0.3, -0.25) is 4.68 Å². The number of nitrogens with zero attached hydrogens (tertiary/aromatic N) is 2. The van der Waals surface area contributed by atoms with Crippen LogP contribution >= 0.6 is 23.8 Å². The average molecular weight is 375 g/mol. The maximum atomic E-state index is 13.7. The highest BCUT2D eigenvalue weighted by atomic mass is 35.5. The van der Waals surface area contributed by atoms with Gasteiger partial charge in [0.25, 0.3) is 0 Å². The van der Waals surface area contributed by atoms with Gasteiger partial charge in [0.05, 0.1) is 6.54 Å². The van der Waals surface area contributed by atoms with Crippen molar-refractivity contribution >= 4 is 40.4 Å². The van der Waals surface area contributed by atoms with E-state index in [1.807, 2.05) is 25.1 Å². The van der Waals surface area contributed by atoms with Crippen molar-refractivity contribution in [1.29, 1.82) is 0 Å². The molecule has 0 aliphatic carbocycles. The Morgan fingerprint density at radius 1 is 1.20 bits per heavy atom. The summed E-state index contributed by atoms with van der Waals surface area (Å²) in [5.41, 5.74) is 2.36. The molecule has 4 nitrogen and oxygen atoms in total. The van der Waals surface area contributed by atoms with Gasteiger partial charge < -0.3 is 10.6 Å². The van der Waals surface area contributed by atoms with Crippen LogP contribution in [0.1, 0.15) is 11.1 Å². The van der Waals surface area contributed by atoms with E-state index in [0.29, 0.717) is 28.1 Å². The first-order valence-corrected chi connectivity index (χ1v) is 8.41. The molecule has 0 aliphatic heterocycles. The molecule has 7 heteroatoms. The van der Waals surface area contributed by atoms with Gasteiger partial charge in [-0.15, -0.1) is 0 Å². The number of nitrogens with one attached hydrogen (secondary N) is 2. The van der Waals surface area contributed by atoms with Gasteiger partial charge in [0.1, 0.15) is 5.82 Å². The Labute approximate surface area is 155 Å². The average Bonchev–Trinajstić information content (AvgIpc) is 3.00. The third-order valence-electron chi connectivity index (χ3n) is 3.60. The van der Waals surface area contributed by atoms with Crippen LogP contribution < -0.4 is 10.6 Å². The van der Waals surface area contributed by atoms with Crippen molar-refractivity contribution in [2.24, 2.45) is 0 Å². The summed E-state index contributed by atoms with van der Waals surface area (Å²) in [5, 5.41) is 11.5. The van der Waals surface area contributed by atoms with Gasteiger partial charge in [0.2, 0.25) is 0 Å². The summed E-state index contributed by atoms with van der Waals surface area (Å²) in [7, 11) is 0. The van der Waals surface area contributed by atoms with Crippen molar-refractivity contribution in [3.05, 3.63) is 76.7 Å². The predicted molar refractivity (Wildman–Crippen MR) is 104 cm³/mol. The Hall–Kier alpha value is -2.44. The van der Waals surface area contributed by atoms with Crippen LogP contribution in [0.2, 0.25) is 5.02 Å². The number of rotatable bonds is 4. The standard InChI is InChI=1S/C18H16ClFN4S/c1-12-6-7-14(10-15(12)19)21-18(25)22-17-8-9-24(23-17)11-13-4-2-3-5-16(13)20/h2-10H,11H2,1H3,(H2,21,22,23,25). The fourth-order valence-electron chi connectivity index (χ4n) is 2.27. The summed E-state index contributed by atoms with van der Waals surface area (Å²) in [6.07, 6.45) is 1.76. The molecule has 0 unspecified atom stereocenters. The maximum Gasteiger partial charge on any atom is 0.176 e. The van der Waals surface area contributed by atoms with Crippen molar-refractivity contribution in [2.75, 3.05) is 10.6 Å². The number of hydrogen-bond acceptors (Lipinski definition) is 2. The molecule has 1 heterocycles. The molecule has 0 atom stereocenters. The van der Waals surface area contributed by atoms with Crippen molar-refractivity contribution < 1.29 is 4.39 Å². The largest absolute Gasteiger partial charge is 0.332 e. The van der Waals surface area contributed by atoms with Gasteiger partial charge in [-0.25, -0.2) is 4.39 Å². The lowest BCUT2D eigenvalue weighted by Crippen LogP contribution is -2.19. The van der Waals surface area contributed by atoms with Crippen LogP contribution in [0, 0.1) is 12.7 Å². The molecular formula is C18H16ClFN4S. The fraction of sp³-hybridized carbons (Fsp3) is 0.111. The first-order chi connectivity index (χ1) is 12.0. The lowest BCUT2D eigenvalue weighted by molar-refractivity contribution is 0.586. The normalized spacial score (nSPS) is 10.5. The molecular weight excluding hydrogens is 359 g/mol. The Kier molecular flexibility index (Phi) is 5.31. The molecule has 1 aromatic heterocycles. The van der Waals surface area contributed by atoms with E-state index in [2.05, 4.69) is 15.7 Å². The molecule has 3 rings (SSSR count). The molecule has 0 saturated heterocycles. The van der Waals surface area contributed by atoms with E-state index in [9.17, 15) is 4.39 Å². The molecule has 0 radical (unpaired) electrons. The van der Waals surface area contributed by atoms with E-state index < -0.39 is 0 Å². The van der Waals surface area contributed by atoms with Crippen LogP contribution in [-0.4, -0.2) is 14.9 Å². The summed E-state index contributed by atoms with van der Waals surface area (Å²) in [5.74, 6) is 0.327.